The maximum Gasteiger partial charge on any atom is 0.233 e. The monoisotopic (exact) mass is 341 g/mol. The molecule has 0 aliphatic heterocycles. The summed E-state index contributed by atoms with van der Waals surface area (Å²) < 4.78 is 52.2. The quantitative estimate of drug-likeness (QED) is 0.855. The number of halogens is 3. The molecule has 1 aromatic rings. The van der Waals surface area contributed by atoms with Gasteiger partial charge in [-0.2, -0.15) is 0 Å². The van der Waals surface area contributed by atoms with E-state index < -0.39 is 27.1 Å². The van der Waals surface area contributed by atoms with E-state index in [1.165, 1.54) is 0 Å². The van der Waals surface area contributed by atoms with E-state index in [0.717, 1.165) is 12.1 Å². The van der Waals surface area contributed by atoms with Crippen LogP contribution in [0.15, 0.2) is 16.6 Å². The smallest absolute Gasteiger partial charge is 0.233 e. The first-order valence-electron chi connectivity index (χ1n) is 5.15. The van der Waals surface area contributed by atoms with Crippen LogP contribution >= 0.6 is 15.9 Å². The van der Waals surface area contributed by atoms with Gasteiger partial charge in [-0.05, 0) is 27.4 Å². The van der Waals surface area contributed by atoms with Crippen LogP contribution in [0.25, 0.3) is 0 Å². The van der Waals surface area contributed by atoms with Gasteiger partial charge in [0, 0.05) is 6.07 Å². The molecule has 0 saturated carbocycles. The molecular formula is C11H14BrF2NO2S. The van der Waals surface area contributed by atoms with Crippen LogP contribution in [0.5, 0.6) is 0 Å². The molecule has 0 unspecified atom stereocenters. The number of rotatable bonds is 3. The molecule has 1 aromatic carbocycles. The van der Waals surface area contributed by atoms with Crippen molar-refractivity contribution in [2.45, 2.75) is 20.8 Å². The first-order valence-corrected chi connectivity index (χ1v) is 7.60. The van der Waals surface area contributed by atoms with Crippen LogP contribution < -0.4 is 4.72 Å². The molecular weight excluding hydrogens is 328 g/mol. The van der Waals surface area contributed by atoms with Gasteiger partial charge in [-0.25, -0.2) is 17.2 Å². The molecule has 0 aliphatic carbocycles. The Balaban J connectivity index is 3.02. The van der Waals surface area contributed by atoms with Gasteiger partial charge in [-0.1, -0.05) is 20.8 Å². The molecule has 0 heterocycles. The Hall–Kier alpha value is -0.690. The van der Waals surface area contributed by atoms with E-state index in [2.05, 4.69) is 15.9 Å². The summed E-state index contributed by atoms with van der Waals surface area (Å²) in [5.41, 5.74) is -0.865. The minimum Gasteiger partial charge on any atom is -0.280 e. The van der Waals surface area contributed by atoms with Crippen molar-refractivity contribution < 1.29 is 17.2 Å². The second-order valence-electron chi connectivity index (χ2n) is 5.17. The summed E-state index contributed by atoms with van der Waals surface area (Å²) in [5.74, 6) is -1.75. The van der Waals surface area contributed by atoms with Crippen LogP contribution in [0.1, 0.15) is 20.8 Å². The molecule has 0 fully saturated rings. The summed E-state index contributed by atoms with van der Waals surface area (Å²) in [7, 11) is -3.72. The van der Waals surface area contributed by atoms with Gasteiger partial charge < -0.3 is 0 Å². The second-order valence-corrected chi connectivity index (χ2v) is 7.74. The summed E-state index contributed by atoms with van der Waals surface area (Å²) in [5, 5.41) is 0. The molecule has 7 heteroatoms. The maximum absolute atomic E-state index is 13.5. The molecule has 0 atom stereocenters. The van der Waals surface area contributed by atoms with Crippen LogP contribution in [-0.4, -0.2) is 14.2 Å². The Labute approximate surface area is 114 Å². The average Bonchev–Trinajstić information content (AvgIpc) is 2.09. The first-order chi connectivity index (χ1) is 8.00. The minimum absolute atomic E-state index is 0.0567. The number of benzene rings is 1. The van der Waals surface area contributed by atoms with Crippen molar-refractivity contribution in [1.82, 2.24) is 0 Å². The van der Waals surface area contributed by atoms with E-state index in [1.807, 2.05) is 4.72 Å². The summed E-state index contributed by atoms with van der Waals surface area (Å²) in [4.78, 5) is 0. The number of anilines is 1. The lowest BCUT2D eigenvalue weighted by Gasteiger charge is -2.19. The van der Waals surface area contributed by atoms with Gasteiger partial charge in [0.1, 0.15) is 11.6 Å². The van der Waals surface area contributed by atoms with Crippen molar-refractivity contribution in [1.29, 1.82) is 0 Å². The molecule has 0 bridgehead atoms. The predicted octanol–water partition coefficient (Wildman–Crippen LogP) is 3.52. The molecule has 0 amide bonds. The Morgan fingerprint density at radius 3 is 2.28 bits per heavy atom. The average molecular weight is 342 g/mol. The van der Waals surface area contributed by atoms with Gasteiger partial charge in [-0.3, -0.25) is 4.72 Å². The topological polar surface area (TPSA) is 46.2 Å². The number of nitrogens with one attached hydrogen (secondary N) is 1. The highest BCUT2D eigenvalue weighted by Gasteiger charge is 2.23. The highest BCUT2D eigenvalue weighted by Crippen LogP contribution is 2.25. The van der Waals surface area contributed by atoms with Crippen LogP contribution in [0.2, 0.25) is 0 Å². The molecule has 0 saturated heterocycles. The van der Waals surface area contributed by atoms with E-state index in [-0.39, 0.29) is 15.9 Å². The SMILES string of the molecule is CC(C)(C)CS(=O)(=O)Nc1cc(F)c(Br)cc1F. The largest absolute Gasteiger partial charge is 0.280 e. The van der Waals surface area contributed by atoms with Crippen LogP contribution in [0, 0.1) is 17.0 Å². The zero-order valence-corrected chi connectivity index (χ0v) is 12.6. The molecule has 3 nitrogen and oxygen atoms in total. The lowest BCUT2D eigenvalue weighted by atomic mass is 10.0. The summed E-state index contributed by atoms with van der Waals surface area (Å²) in [6.45, 7) is 5.22. The van der Waals surface area contributed by atoms with Gasteiger partial charge in [-0.15, -0.1) is 0 Å². The van der Waals surface area contributed by atoms with Gasteiger partial charge in [0.15, 0.2) is 0 Å². The third-order valence-electron chi connectivity index (χ3n) is 1.90. The van der Waals surface area contributed by atoms with Crippen molar-refractivity contribution >= 4 is 31.6 Å². The summed E-state index contributed by atoms with van der Waals surface area (Å²) in [6, 6.07) is 1.68. The van der Waals surface area contributed by atoms with Crippen LogP contribution in [0.4, 0.5) is 14.5 Å². The number of hydrogen-bond donors (Lipinski definition) is 1. The molecule has 1 rings (SSSR count). The van der Waals surface area contributed by atoms with Crippen molar-refractivity contribution in [2.24, 2.45) is 5.41 Å². The molecule has 0 aliphatic rings. The van der Waals surface area contributed by atoms with Crippen LogP contribution in [-0.2, 0) is 10.0 Å². The highest BCUT2D eigenvalue weighted by molar-refractivity contribution is 9.10. The minimum atomic E-state index is -3.72. The first kappa shape index (κ1) is 15.4. The van der Waals surface area contributed by atoms with Gasteiger partial charge in [0.05, 0.1) is 15.9 Å². The van der Waals surface area contributed by atoms with E-state index >= 15 is 0 Å². The predicted molar refractivity (Wildman–Crippen MR) is 70.9 cm³/mol. The fourth-order valence-electron chi connectivity index (χ4n) is 1.37. The zero-order chi connectivity index (χ0) is 14.1. The van der Waals surface area contributed by atoms with Gasteiger partial charge in [0.25, 0.3) is 0 Å². The van der Waals surface area contributed by atoms with E-state index in [0.29, 0.717) is 0 Å². The summed E-state index contributed by atoms with van der Waals surface area (Å²) >= 11 is 2.82. The van der Waals surface area contributed by atoms with Gasteiger partial charge >= 0.3 is 0 Å². The fraction of sp³-hybridized carbons (Fsp3) is 0.455. The third kappa shape index (κ3) is 4.53. The Bertz CT molecular complexity index is 553. The zero-order valence-electron chi connectivity index (χ0n) is 10.2. The van der Waals surface area contributed by atoms with Crippen LogP contribution in [0.3, 0.4) is 0 Å². The number of sulfonamides is 1. The third-order valence-corrected chi connectivity index (χ3v) is 4.28. The molecule has 0 spiro atoms. The standard InChI is InChI=1S/C11H14BrF2NO2S/c1-11(2,3)6-18(16,17)15-10-5-8(13)7(12)4-9(10)14/h4-5,15H,6H2,1-3H3. The molecule has 18 heavy (non-hydrogen) atoms. The highest BCUT2D eigenvalue weighted by atomic mass is 79.9. The summed E-state index contributed by atoms with van der Waals surface area (Å²) in [6.07, 6.45) is 0. The normalized spacial score (nSPS) is 12.6. The van der Waals surface area contributed by atoms with E-state index in [4.69, 9.17) is 0 Å². The maximum atomic E-state index is 13.5. The molecule has 0 aromatic heterocycles. The van der Waals surface area contributed by atoms with E-state index in [9.17, 15) is 17.2 Å². The second kappa shape index (κ2) is 5.13. The Kier molecular flexibility index (Phi) is 4.38. The Morgan fingerprint density at radius 2 is 1.78 bits per heavy atom. The molecule has 0 radical (unpaired) electrons. The number of hydrogen-bond acceptors (Lipinski definition) is 2. The van der Waals surface area contributed by atoms with Crippen molar-refractivity contribution in [3.8, 4) is 0 Å². The molecule has 102 valence electrons. The Morgan fingerprint density at radius 1 is 1.22 bits per heavy atom. The lowest BCUT2D eigenvalue weighted by Crippen LogP contribution is -2.26. The van der Waals surface area contributed by atoms with Crippen molar-refractivity contribution in [2.75, 3.05) is 10.5 Å². The fourth-order valence-corrected chi connectivity index (χ4v) is 3.39. The lowest BCUT2D eigenvalue weighted by molar-refractivity contribution is 0.463. The molecule has 1 N–H and O–H groups in total. The van der Waals surface area contributed by atoms with E-state index in [1.54, 1.807) is 20.8 Å². The van der Waals surface area contributed by atoms with Crippen molar-refractivity contribution in [3.05, 3.63) is 28.2 Å². The van der Waals surface area contributed by atoms with Gasteiger partial charge in [0.2, 0.25) is 10.0 Å². The van der Waals surface area contributed by atoms with Crippen molar-refractivity contribution in [3.63, 3.8) is 0 Å².